The molecule has 0 bridgehead atoms. The Morgan fingerprint density at radius 3 is 2.69 bits per heavy atom. The van der Waals surface area contributed by atoms with Crippen LogP contribution in [-0.2, 0) is 26.3 Å². The summed E-state index contributed by atoms with van der Waals surface area (Å²) in [5, 5.41) is 0. The summed E-state index contributed by atoms with van der Waals surface area (Å²) in [6, 6.07) is 3.80. The minimum atomic E-state index is -0.0756. The van der Waals surface area contributed by atoms with E-state index in [1.54, 1.807) is 22.7 Å². The van der Waals surface area contributed by atoms with Crippen molar-refractivity contribution in [3.63, 3.8) is 0 Å². The van der Waals surface area contributed by atoms with E-state index in [9.17, 15) is 9.59 Å². The average Bonchev–Trinajstić information content (AvgIpc) is 2.87. The Bertz CT molecular complexity index is 855. The zero-order valence-electron chi connectivity index (χ0n) is 15.8. The lowest BCUT2D eigenvalue weighted by molar-refractivity contribution is 0.0757. The summed E-state index contributed by atoms with van der Waals surface area (Å²) in [4.78, 5) is 36.0. The van der Waals surface area contributed by atoms with Gasteiger partial charge in [-0.25, -0.2) is 4.98 Å². The van der Waals surface area contributed by atoms with Gasteiger partial charge in [0.05, 0.1) is 5.69 Å². The molecule has 26 heavy (non-hydrogen) atoms. The van der Waals surface area contributed by atoms with Gasteiger partial charge in [0.1, 0.15) is 11.5 Å². The predicted octanol–water partition coefficient (Wildman–Crippen LogP) is 2.07. The Labute approximate surface area is 153 Å². The number of aromatic nitrogens is 3. The smallest absolute Gasteiger partial charge is 0.272 e. The second-order valence-electron chi connectivity index (χ2n) is 6.90. The largest absolute Gasteiger partial charge is 0.337 e. The van der Waals surface area contributed by atoms with Gasteiger partial charge in [-0.2, -0.15) is 0 Å². The molecule has 0 fully saturated rings. The molecule has 1 aliphatic rings. The Balaban J connectivity index is 1.74. The van der Waals surface area contributed by atoms with Crippen LogP contribution in [0.2, 0.25) is 0 Å². The summed E-state index contributed by atoms with van der Waals surface area (Å²) >= 11 is 0. The van der Waals surface area contributed by atoms with Crippen LogP contribution in [0.1, 0.15) is 52.9 Å². The van der Waals surface area contributed by atoms with E-state index in [0.717, 1.165) is 36.1 Å². The lowest BCUT2D eigenvalue weighted by Crippen LogP contribution is -2.34. The maximum atomic E-state index is 12.8. The molecule has 1 aliphatic heterocycles. The first-order chi connectivity index (χ1) is 12.5. The first-order valence-electron chi connectivity index (χ1n) is 9.30. The van der Waals surface area contributed by atoms with Crippen LogP contribution in [0.25, 0.3) is 0 Å². The van der Waals surface area contributed by atoms with E-state index in [0.29, 0.717) is 37.4 Å². The Kier molecular flexibility index (Phi) is 5.49. The van der Waals surface area contributed by atoms with E-state index in [-0.39, 0.29) is 11.5 Å². The molecule has 0 radical (unpaired) electrons. The molecule has 0 unspecified atom stereocenters. The van der Waals surface area contributed by atoms with Crippen molar-refractivity contribution in [2.45, 2.75) is 46.0 Å². The molecule has 2 aromatic rings. The van der Waals surface area contributed by atoms with Crippen molar-refractivity contribution in [2.24, 2.45) is 7.05 Å². The van der Waals surface area contributed by atoms with Crippen LogP contribution in [-0.4, -0.2) is 38.4 Å². The van der Waals surface area contributed by atoms with E-state index in [1.807, 2.05) is 19.1 Å². The number of aryl methyl sites for hydroxylation is 2. The molecule has 0 N–H and O–H groups in total. The van der Waals surface area contributed by atoms with Gasteiger partial charge >= 0.3 is 0 Å². The predicted molar refractivity (Wildman–Crippen MR) is 100 cm³/mol. The van der Waals surface area contributed by atoms with Crippen LogP contribution >= 0.6 is 0 Å². The third kappa shape index (κ3) is 3.69. The fraction of sp³-hybridized carbons (Fsp3) is 0.500. The van der Waals surface area contributed by atoms with E-state index < -0.39 is 0 Å². The summed E-state index contributed by atoms with van der Waals surface area (Å²) in [6.07, 6.45) is 6.20. The Morgan fingerprint density at radius 1 is 1.23 bits per heavy atom. The number of nitrogens with zero attached hydrogens (tertiary/aromatic N) is 4. The molecule has 2 aromatic heterocycles. The highest BCUT2D eigenvalue weighted by atomic mass is 16.2. The zero-order chi connectivity index (χ0) is 18.7. The number of fused-ring (bicyclic) bond motifs is 1. The van der Waals surface area contributed by atoms with Crippen molar-refractivity contribution in [1.29, 1.82) is 0 Å². The van der Waals surface area contributed by atoms with Gasteiger partial charge in [-0.05, 0) is 37.8 Å². The molecule has 0 atom stereocenters. The highest BCUT2D eigenvalue weighted by Gasteiger charge is 2.23. The highest BCUT2D eigenvalue weighted by Crippen LogP contribution is 2.14. The number of hydrogen-bond acceptors (Lipinski definition) is 4. The molecule has 0 aliphatic carbocycles. The van der Waals surface area contributed by atoms with Crippen molar-refractivity contribution in [3.05, 3.63) is 57.0 Å². The third-order valence-electron chi connectivity index (χ3n) is 5.09. The van der Waals surface area contributed by atoms with Crippen LogP contribution < -0.4 is 5.56 Å². The van der Waals surface area contributed by atoms with E-state index in [2.05, 4.69) is 16.9 Å². The second kappa shape index (κ2) is 7.81. The zero-order valence-corrected chi connectivity index (χ0v) is 15.8. The Hall–Kier alpha value is -2.50. The topological polar surface area (TPSA) is 68.1 Å². The van der Waals surface area contributed by atoms with Crippen LogP contribution in [0.5, 0.6) is 0 Å². The molecule has 0 saturated carbocycles. The van der Waals surface area contributed by atoms with E-state index in [4.69, 9.17) is 0 Å². The normalized spacial score (nSPS) is 14.0. The van der Waals surface area contributed by atoms with Crippen molar-refractivity contribution in [3.8, 4) is 0 Å². The molecule has 3 rings (SSSR count). The fourth-order valence-electron chi connectivity index (χ4n) is 3.31. The molecule has 3 heterocycles. The van der Waals surface area contributed by atoms with Gasteiger partial charge in [0.15, 0.2) is 0 Å². The van der Waals surface area contributed by atoms with Crippen molar-refractivity contribution < 1.29 is 4.79 Å². The van der Waals surface area contributed by atoms with Gasteiger partial charge in [0.25, 0.3) is 11.5 Å². The summed E-state index contributed by atoms with van der Waals surface area (Å²) in [6.45, 7) is 5.07. The van der Waals surface area contributed by atoms with Crippen molar-refractivity contribution in [2.75, 3.05) is 13.1 Å². The lowest BCUT2D eigenvalue weighted by atomic mass is 10.1. The van der Waals surface area contributed by atoms with Crippen molar-refractivity contribution >= 4 is 5.91 Å². The molecule has 1 amide bonds. The summed E-state index contributed by atoms with van der Waals surface area (Å²) in [5.74, 6) is 0.631. The summed E-state index contributed by atoms with van der Waals surface area (Å²) < 4.78 is 1.58. The van der Waals surface area contributed by atoms with E-state index in [1.165, 1.54) is 0 Å². The maximum Gasteiger partial charge on any atom is 0.272 e. The first kappa shape index (κ1) is 18.3. The van der Waals surface area contributed by atoms with Crippen LogP contribution in [0, 0.1) is 6.92 Å². The number of carbonyl (C=O) groups excluding carboxylic acids is 1. The highest BCUT2D eigenvalue weighted by molar-refractivity contribution is 5.92. The van der Waals surface area contributed by atoms with Gasteiger partial charge in [0.2, 0.25) is 0 Å². The third-order valence-corrected chi connectivity index (χ3v) is 5.09. The number of carbonyl (C=O) groups is 1. The van der Waals surface area contributed by atoms with E-state index >= 15 is 0 Å². The molecule has 0 spiro atoms. The number of amides is 1. The monoisotopic (exact) mass is 354 g/mol. The lowest BCUT2D eigenvalue weighted by Gasteiger charge is -2.19. The van der Waals surface area contributed by atoms with Gasteiger partial charge in [-0.15, -0.1) is 0 Å². The first-order valence-corrected chi connectivity index (χ1v) is 9.30. The standard InChI is InChI=1S/C20H26N4O2/c1-4-5-6-15-7-8-18(21-13-15)20(26)24-11-9-16-17(10-12-24)22-14(2)23(3)19(16)25/h7-8,13H,4-6,9-12H2,1-3H3. The number of rotatable bonds is 4. The molecule has 138 valence electrons. The minimum Gasteiger partial charge on any atom is -0.337 e. The molecular formula is C20H26N4O2. The summed E-state index contributed by atoms with van der Waals surface area (Å²) in [5.41, 5.74) is 3.18. The van der Waals surface area contributed by atoms with Crippen LogP contribution in [0.3, 0.4) is 0 Å². The number of hydrogen-bond donors (Lipinski definition) is 0. The molecule has 6 heteroatoms. The van der Waals surface area contributed by atoms with Crippen LogP contribution in [0.15, 0.2) is 23.1 Å². The fourth-order valence-corrected chi connectivity index (χ4v) is 3.31. The second-order valence-corrected chi connectivity index (χ2v) is 6.90. The van der Waals surface area contributed by atoms with Gasteiger partial charge in [-0.1, -0.05) is 19.4 Å². The number of unbranched alkanes of at least 4 members (excludes halogenated alkanes) is 1. The molecule has 6 nitrogen and oxygen atoms in total. The average molecular weight is 354 g/mol. The van der Waals surface area contributed by atoms with Gasteiger partial charge in [-0.3, -0.25) is 19.1 Å². The van der Waals surface area contributed by atoms with Gasteiger partial charge < -0.3 is 4.90 Å². The SMILES string of the molecule is CCCCc1ccc(C(=O)N2CCc3nc(C)n(C)c(=O)c3CC2)nc1. The summed E-state index contributed by atoms with van der Waals surface area (Å²) in [7, 11) is 1.74. The molecule has 0 saturated heterocycles. The maximum absolute atomic E-state index is 12.8. The minimum absolute atomic E-state index is 0.000186. The quantitative estimate of drug-likeness (QED) is 0.843. The molecular weight excluding hydrogens is 328 g/mol. The van der Waals surface area contributed by atoms with Crippen molar-refractivity contribution in [1.82, 2.24) is 19.4 Å². The molecule has 0 aromatic carbocycles. The van der Waals surface area contributed by atoms with Gasteiger partial charge in [0, 0.05) is 38.3 Å². The Morgan fingerprint density at radius 2 is 2.00 bits per heavy atom. The van der Waals surface area contributed by atoms with Crippen LogP contribution in [0.4, 0.5) is 0 Å². The number of pyridine rings is 1.